The first-order chi connectivity index (χ1) is 10.2. The minimum absolute atomic E-state index is 0.0455. The van der Waals surface area contributed by atoms with E-state index in [4.69, 9.17) is 4.74 Å². The van der Waals surface area contributed by atoms with Gasteiger partial charge < -0.3 is 10.1 Å². The summed E-state index contributed by atoms with van der Waals surface area (Å²) in [5, 5.41) is 2.98. The van der Waals surface area contributed by atoms with E-state index in [1.54, 1.807) is 19.3 Å². The summed E-state index contributed by atoms with van der Waals surface area (Å²) < 4.78 is 5.25. The van der Waals surface area contributed by atoms with E-state index in [-0.39, 0.29) is 5.91 Å². The number of para-hydroxylation sites is 1. The molecular formula is C18H27NO2. The first-order valence-electron chi connectivity index (χ1n) is 7.80. The Bertz CT molecular complexity index is 454. The number of ether oxygens (including phenoxy) is 1. The van der Waals surface area contributed by atoms with Crippen molar-refractivity contribution in [3.63, 3.8) is 0 Å². The van der Waals surface area contributed by atoms with Gasteiger partial charge in [0.1, 0.15) is 5.75 Å². The Morgan fingerprint density at radius 1 is 1.33 bits per heavy atom. The normalized spacial score (nSPS) is 12.3. The van der Waals surface area contributed by atoms with Crippen LogP contribution in [0, 0.1) is 5.92 Å². The van der Waals surface area contributed by atoms with Crippen LogP contribution in [0.15, 0.2) is 30.3 Å². The number of hydrogen-bond acceptors (Lipinski definition) is 2. The third kappa shape index (κ3) is 6.48. The van der Waals surface area contributed by atoms with Crippen molar-refractivity contribution in [1.29, 1.82) is 0 Å². The summed E-state index contributed by atoms with van der Waals surface area (Å²) in [6, 6.07) is 7.65. The molecule has 1 atom stereocenters. The Kier molecular flexibility index (Phi) is 8.25. The highest BCUT2D eigenvalue weighted by Crippen LogP contribution is 2.18. The number of benzene rings is 1. The SMILES string of the molecule is CCCC[C@H](CC)CNC(=O)/C=C/c1ccccc1OC. The lowest BCUT2D eigenvalue weighted by molar-refractivity contribution is -0.116. The number of nitrogens with one attached hydrogen (secondary N) is 1. The van der Waals surface area contributed by atoms with Crippen molar-refractivity contribution >= 4 is 12.0 Å². The molecule has 0 fully saturated rings. The van der Waals surface area contributed by atoms with Gasteiger partial charge in [0.2, 0.25) is 5.91 Å². The highest BCUT2D eigenvalue weighted by Gasteiger charge is 2.06. The molecule has 116 valence electrons. The zero-order chi connectivity index (χ0) is 15.5. The van der Waals surface area contributed by atoms with Gasteiger partial charge in [-0.1, -0.05) is 51.3 Å². The number of methoxy groups -OCH3 is 1. The molecule has 0 unspecified atom stereocenters. The van der Waals surface area contributed by atoms with Crippen LogP contribution < -0.4 is 10.1 Å². The van der Waals surface area contributed by atoms with E-state index in [0.29, 0.717) is 5.92 Å². The summed E-state index contributed by atoms with van der Waals surface area (Å²) in [7, 11) is 1.63. The third-order valence-electron chi connectivity index (χ3n) is 3.66. The van der Waals surface area contributed by atoms with Crippen molar-refractivity contribution < 1.29 is 9.53 Å². The summed E-state index contributed by atoms with van der Waals surface area (Å²) in [5.41, 5.74) is 0.910. The molecule has 1 N–H and O–H groups in total. The topological polar surface area (TPSA) is 38.3 Å². The number of carbonyl (C=O) groups is 1. The Morgan fingerprint density at radius 3 is 2.76 bits per heavy atom. The number of amides is 1. The molecule has 0 aromatic heterocycles. The zero-order valence-electron chi connectivity index (χ0n) is 13.4. The summed E-state index contributed by atoms with van der Waals surface area (Å²) in [6.07, 6.45) is 8.09. The predicted molar refractivity (Wildman–Crippen MR) is 88.3 cm³/mol. The first-order valence-corrected chi connectivity index (χ1v) is 7.80. The molecule has 3 heteroatoms. The molecule has 0 bridgehead atoms. The second kappa shape index (κ2) is 10.0. The van der Waals surface area contributed by atoms with Crippen LogP contribution in [0.25, 0.3) is 6.08 Å². The van der Waals surface area contributed by atoms with Crippen LogP contribution in [0.3, 0.4) is 0 Å². The van der Waals surface area contributed by atoms with Crippen molar-refractivity contribution in [3.05, 3.63) is 35.9 Å². The molecule has 0 aliphatic heterocycles. The van der Waals surface area contributed by atoms with Crippen LogP contribution in [0.2, 0.25) is 0 Å². The second-order valence-electron chi connectivity index (χ2n) is 5.24. The number of unbranched alkanes of at least 4 members (excludes halogenated alkanes) is 1. The molecule has 0 radical (unpaired) electrons. The standard InChI is InChI=1S/C18H27NO2/c1-4-6-9-15(5-2)14-19-18(20)13-12-16-10-7-8-11-17(16)21-3/h7-8,10-13,15H,4-6,9,14H2,1-3H3,(H,19,20)/b13-12+/t15-/m0/s1. The average Bonchev–Trinajstić information content (AvgIpc) is 2.53. The Labute approximate surface area is 128 Å². The van der Waals surface area contributed by atoms with Crippen molar-refractivity contribution in [2.24, 2.45) is 5.92 Å². The fourth-order valence-corrected chi connectivity index (χ4v) is 2.22. The van der Waals surface area contributed by atoms with Crippen LogP contribution in [-0.4, -0.2) is 19.6 Å². The largest absolute Gasteiger partial charge is 0.496 e. The predicted octanol–water partition coefficient (Wildman–Crippen LogP) is 4.04. The van der Waals surface area contributed by atoms with E-state index in [1.165, 1.54) is 19.3 Å². The van der Waals surface area contributed by atoms with Gasteiger partial charge in [-0.15, -0.1) is 0 Å². The van der Waals surface area contributed by atoms with Gasteiger partial charge in [0.05, 0.1) is 7.11 Å². The van der Waals surface area contributed by atoms with Crippen LogP contribution in [-0.2, 0) is 4.79 Å². The van der Waals surface area contributed by atoms with Crippen molar-refractivity contribution in [2.75, 3.05) is 13.7 Å². The van der Waals surface area contributed by atoms with Gasteiger partial charge >= 0.3 is 0 Å². The lowest BCUT2D eigenvalue weighted by Gasteiger charge is -2.14. The van der Waals surface area contributed by atoms with Crippen molar-refractivity contribution in [1.82, 2.24) is 5.32 Å². The summed E-state index contributed by atoms with van der Waals surface area (Å²) in [5.74, 6) is 1.31. The van der Waals surface area contributed by atoms with Crippen molar-refractivity contribution in [2.45, 2.75) is 39.5 Å². The lowest BCUT2D eigenvalue weighted by atomic mass is 9.99. The van der Waals surface area contributed by atoms with Gasteiger partial charge in [-0.2, -0.15) is 0 Å². The maximum atomic E-state index is 11.9. The molecule has 0 aliphatic carbocycles. The van der Waals surface area contributed by atoms with Crippen molar-refractivity contribution in [3.8, 4) is 5.75 Å². The van der Waals surface area contributed by atoms with E-state index >= 15 is 0 Å². The van der Waals surface area contributed by atoms with Crippen LogP contribution in [0.5, 0.6) is 5.75 Å². The van der Waals surface area contributed by atoms with E-state index < -0.39 is 0 Å². The summed E-state index contributed by atoms with van der Waals surface area (Å²) in [4.78, 5) is 11.9. The van der Waals surface area contributed by atoms with Gasteiger partial charge in [0.15, 0.2) is 0 Å². The molecule has 0 heterocycles. The summed E-state index contributed by atoms with van der Waals surface area (Å²) >= 11 is 0. The smallest absolute Gasteiger partial charge is 0.244 e. The monoisotopic (exact) mass is 289 g/mol. The van der Waals surface area contributed by atoms with Gasteiger partial charge in [-0.3, -0.25) is 4.79 Å². The zero-order valence-corrected chi connectivity index (χ0v) is 13.4. The third-order valence-corrected chi connectivity index (χ3v) is 3.66. The Morgan fingerprint density at radius 2 is 2.10 bits per heavy atom. The van der Waals surface area contributed by atoms with Gasteiger partial charge in [-0.25, -0.2) is 0 Å². The molecular weight excluding hydrogens is 262 g/mol. The summed E-state index contributed by atoms with van der Waals surface area (Å²) in [6.45, 7) is 5.13. The van der Waals surface area contributed by atoms with Gasteiger partial charge in [0.25, 0.3) is 0 Å². The van der Waals surface area contributed by atoms with E-state index in [1.807, 2.05) is 24.3 Å². The molecule has 1 aromatic carbocycles. The molecule has 3 nitrogen and oxygen atoms in total. The Hall–Kier alpha value is -1.77. The van der Waals surface area contributed by atoms with Crippen LogP contribution in [0.4, 0.5) is 0 Å². The molecule has 1 aromatic rings. The van der Waals surface area contributed by atoms with Gasteiger partial charge in [0, 0.05) is 18.2 Å². The molecule has 0 saturated heterocycles. The minimum Gasteiger partial charge on any atom is -0.496 e. The molecule has 1 rings (SSSR count). The van der Waals surface area contributed by atoms with Crippen LogP contribution >= 0.6 is 0 Å². The maximum absolute atomic E-state index is 11.9. The molecule has 0 spiro atoms. The maximum Gasteiger partial charge on any atom is 0.244 e. The fraction of sp³-hybridized carbons (Fsp3) is 0.500. The lowest BCUT2D eigenvalue weighted by Crippen LogP contribution is -2.27. The molecule has 1 amide bonds. The van der Waals surface area contributed by atoms with E-state index in [0.717, 1.165) is 24.3 Å². The minimum atomic E-state index is -0.0455. The van der Waals surface area contributed by atoms with Gasteiger partial charge in [-0.05, 0) is 24.5 Å². The first kappa shape index (κ1) is 17.3. The van der Waals surface area contributed by atoms with E-state index in [9.17, 15) is 4.79 Å². The molecule has 0 saturated carbocycles. The Balaban J connectivity index is 2.47. The highest BCUT2D eigenvalue weighted by molar-refractivity contribution is 5.92. The number of rotatable bonds is 9. The van der Waals surface area contributed by atoms with E-state index in [2.05, 4.69) is 19.2 Å². The molecule has 21 heavy (non-hydrogen) atoms. The average molecular weight is 289 g/mol. The highest BCUT2D eigenvalue weighted by atomic mass is 16.5. The van der Waals surface area contributed by atoms with Crippen LogP contribution in [0.1, 0.15) is 45.1 Å². The fourth-order valence-electron chi connectivity index (χ4n) is 2.22. The molecule has 0 aliphatic rings. The second-order valence-corrected chi connectivity index (χ2v) is 5.24. The number of hydrogen-bond donors (Lipinski definition) is 1. The number of carbonyl (C=O) groups excluding carboxylic acids is 1. The quantitative estimate of drug-likeness (QED) is 0.697.